The molecule has 1 atom stereocenters. The Bertz CT molecular complexity index is 653. The standard InChI is InChI=1S/C15H20N6O.ClH/c1-11-17-7-4-12(19-11)9-18-15(22)14-5-8-21(20-14)13-3-2-6-16-10-13;/h4-5,7-8,13,16H,2-3,6,9-10H2,1H3,(H,18,22);1H. The summed E-state index contributed by atoms with van der Waals surface area (Å²) in [6, 6.07) is 3.88. The quantitative estimate of drug-likeness (QED) is 0.878. The van der Waals surface area contributed by atoms with Crippen molar-refractivity contribution in [2.24, 2.45) is 0 Å². The van der Waals surface area contributed by atoms with Gasteiger partial charge in [0, 0.05) is 18.9 Å². The molecular formula is C15H21ClN6O. The van der Waals surface area contributed by atoms with Gasteiger partial charge in [-0.05, 0) is 38.4 Å². The van der Waals surface area contributed by atoms with Crippen LogP contribution in [0.15, 0.2) is 24.5 Å². The molecule has 2 aromatic heterocycles. The smallest absolute Gasteiger partial charge is 0.272 e. The number of halogens is 1. The molecule has 0 aliphatic carbocycles. The summed E-state index contributed by atoms with van der Waals surface area (Å²) in [6.45, 7) is 4.16. The summed E-state index contributed by atoms with van der Waals surface area (Å²) in [5, 5.41) is 10.6. The third kappa shape index (κ3) is 4.49. The van der Waals surface area contributed by atoms with Crippen LogP contribution in [-0.2, 0) is 6.54 Å². The van der Waals surface area contributed by atoms with Gasteiger partial charge in [-0.1, -0.05) is 0 Å². The second kappa shape index (κ2) is 8.03. The first kappa shape index (κ1) is 17.4. The van der Waals surface area contributed by atoms with E-state index in [0.717, 1.165) is 31.6 Å². The number of aryl methyl sites for hydroxylation is 1. The fourth-order valence-electron chi connectivity index (χ4n) is 2.59. The van der Waals surface area contributed by atoms with Crippen LogP contribution in [0.1, 0.15) is 40.9 Å². The van der Waals surface area contributed by atoms with Crippen molar-refractivity contribution in [2.45, 2.75) is 32.4 Å². The van der Waals surface area contributed by atoms with Crippen molar-refractivity contribution < 1.29 is 4.79 Å². The van der Waals surface area contributed by atoms with Gasteiger partial charge in [0.15, 0.2) is 0 Å². The molecule has 1 aliphatic heterocycles. The van der Waals surface area contributed by atoms with Gasteiger partial charge in [-0.2, -0.15) is 5.10 Å². The molecule has 0 radical (unpaired) electrons. The van der Waals surface area contributed by atoms with Crippen LogP contribution >= 0.6 is 12.4 Å². The number of aromatic nitrogens is 4. The monoisotopic (exact) mass is 336 g/mol. The van der Waals surface area contributed by atoms with Crippen molar-refractivity contribution in [1.82, 2.24) is 30.4 Å². The second-order valence-corrected chi connectivity index (χ2v) is 5.46. The Morgan fingerprint density at radius 2 is 2.35 bits per heavy atom. The first-order chi connectivity index (χ1) is 10.7. The van der Waals surface area contributed by atoms with Crippen LogP contribution in [0.5, 0.6) is 0 Å². The summed E-state index contributed by atoms with van der Waals surface area (Å²) in [6.07, 6.45) is 5.80. The lowest BCUT2D eigenvalue weighted by molar-refractivity contribution is 0.0944. The Morgan fingerprint density at radius 1 is 1.48 bits per heavy atom. The fourth-order valence-corrected chi connectivity index (χ4v) is 2.59. The molecule has 3 heterocycles. The van der Waals surface area contributed by atoms with E-state index < -0.39 is 0 Å². The molecule has 7 nitrogen and oxygen atoms in total. The molecule has 1 fully saturated rings. The summed E-state index contributed by atoms with van der Waals surface area (Å²) in [5.41, 5.74) is 1.23. The summed E-state index contributed by atoms with van der Waals surface area (Å²) >= 11 is 0. The Balaban J connectivity index is 0.00000192. The van der Waals surface area contributed by atoms with Gasteiger partial charge >= 0.3 is 0 Å². The van der Waals surface area contributed by atoms with Gasteiger partial charge in [0.25, 0.3) is 5.91 Å². The van der Waals surface area contributed by atoms with Crippen LogP contribution in [-0.4, -0.2) is 38.7 Å². The van der Waals surface area contributed by atoms with Gasteiger partial charge < -0.3 is 10.6 Å². The van der Waals surface area contributed by atoms with E-state index in [9.17, 15) is 4.79 Å². The van der Waals surface area contributed by atoms with E-state index in [1.54, 1.807) is 18.3 Å². The molecule has 3 rings (SSSR count). The molecule has 1 aliphatic rings. The van der Waals surface area contributed by atoms with Crippen molar-refractivity contribution in [1.29, 1.82) is 0 Å². The average molecular weight is 337 g/mol. The maximum absolute atomic E-state index is 12.2. The molecule has 0 spiro atoms. The van der Waals surface area contributed by atoms with Crippen LogP contribution in [0.25, 0.3) is 0 Å². The lowest BCUT2D eigenvalue weighted by Crippen LogP contribution is -2.32. The average Bonchev–Trinajstić information content (AvgIpc) is 3.04. The van der Waals surface area contributed by atoms with Crippen molar-refractivity contribution >= 4 is 18.3 Å². The molecule has 0 saturated carbocycles. The van der Waals surface area contributed by atoms with E-state index in [2.05, 4.69) is 25.7 Å². The van der Waals surface area contributed by atoms with Crippen molar-refractivity contribution in [3.05, 3.63) is 41.7 Å². The largest absolute Gasteiger partial charge is 0.345 e. The minimum absolute atomic E-state index is 0. The lowest BCUT2D eigenvalue weighted by Gasteiger charge is -2.22. The number of amides is 1. The van der Waals surface area contributed by atoms with Gasteiger partial charge in [0.2, 0.25) is 0 Å². The van der Waals surface area contributed by atoms with E-state index in [0.29, 0.717) is 24.1 Å². The molecule has 1 unspecified atom stereocenters. The van der Waals surface area contributed by atoms with Gasteiger partial charge in [0.1, 0.15) is 11.5 Å². The lowest BCUT2D eigenvalue weighted by atomic mass is 10.1. The highest BCUT2D eigenvalue weighted by atomic mass is 35.5. The zero-order valence-electron chi connectivity index (χ0n) is 13.0. The summed E-state index contributed by atoms with van der Waals surface area (Å²) in [4.78, 5) is 20.4. The zero-order valence-corrected chi connectivity index (χ0v) is 13.8. The molecule has 2 N–H and O–H groups in total. The number of carbonyl (C=O) groups is 1. The highest BCUT2D eigenvalue weighted by Crippen LogP contribution is 2.15. The number of hydrogen-bond donors (Lipinski definition) is 2. The van der Waals surface area contributed by atoms with E-state index in [1.807, 2.05) is 17.8 Å². The van der Waals surface area contributed by atoms with E-state index in [-0.39, 0.29) is 18.3 Å². The molecule has 1 amide bonds. The van der Waals surface area contributed by atoms with Crippen LogP contribution < -0.4 is 10.6 Å². The number of hydrogen-bond acceptors (Lipinski definition) is 5. The normalized spacial score (nSPS) is 17.3. The fraction of sp³-hybridized carbons (Fsp3) is 0.467. The van der Waals surface area contributed by atoms with E-state index >= 15 is 0 Å². The van der Waals surface area contributed by atoms with Gasteiger partial charge in [-0.15, -0.1) is 12.4 Å². The number of piperidine rings is 1. The number of nitrogens with zero attached hydrogens (tertiary/aromatic N) is 4. The molecular weight excluding hydrogens is 316 g/mol. The van der Waals surface area contributed by atoms with E-state index in [4.69, 9.17) is 0 Å². The van der Waals surface area contributed by atoms with Crippen molar-refractivity contribution in [3.8, 4) is 0 Å². The van der Waals surface area contributed by atoms with E-state index in [1.165, 1.54) is 0 Å². The first-order valence-electron chi connectivity index (χ1n) is 7.55. The van der Waals surface area contributed by atoms with Crippen LogP contribution in [0.2, 0.25) is 0 Å². The zero-order chi connectivity index (χ0) is 15.4. The number of carbonyl (C=O) groups excluding carboxylic acids is 1. The topological polar surface area (TPSA) is 84.7 Å². The van der Waals surface area contributed by atoms with Gasteiger partial charge in [0.05, 0.1) is 18.3 Å². The van der Waals surface area contributed by atoms with Crippen LogP contribution in [0.3, 0.4) is 0 Å². The van der Waals surface area contributed by atoms with Crippen LogP contribution in [0, 0.1) is 6.92 Å². The predicted octanol–water partition coefficient (Wildman–Crippen LogP) is 1.26. The summed E-state index contributed by atoms with van der Waals surface area (Å²) in [7, 11) is 0. The minimum atomic E-state index is -0.182. The molecule has 2 aromatic rings. The minimum Gasteiger partial charge on any atom is -0.345 e. The Kier molecular flexibility index (Phi) is 6.06. The summed E-state index contributed by atoms with van der Waals surface area (Å²) < 4.78 is 1.88. The third-order valence-corrected chi connectivity index (χ3v) is 3.75. The molecule has 23 heavy (non-hydrogen) atoms. The number of nitrogens with one attached hydrogen (secondary N) is 2. The Hall–Kier alpha value is -1.99. The first-order valence-corrected chi connectivity index (χ1v) is 7.55. The number of rotatable bonds is 4. The highest BCUT2D eigenvalue weighted by Gasteiger charge is 2.17. The Morgan fingerprint density at radius 3 is 3.09 bits per heavy atom. The molecule has 8 heteroatoms. The van der Waals surface area contributed by atoms with Crippen molar-refractivity contribution in [3.63, 3.8) is 0 Å². The molecule has 1 saturated heterocycles. The molecule has 0 bridgehead atoms. The van der Waals surface area contributed by atoms with Gasteiger partial charge in [-0.3, -0.25) is 9.48 Å². The van der Waals surface area contributed by atoms with Crippen molar-refractivity contribution in [2.75, 3.05) is 13.1 Å². The summed E-state index contributed by atoms with van der Waals surface area (Å²) in [5.74, 6) is 0.514. The SMILES string of the molecule is Cc1nccc(CNC(=O)c2ccn(C3CCCNC3)n2)n1.Cl. The predicted molar refractivity (Wildman–Crippen MR) is 88.6 cm³/mol. The maximum atomic E-state index is 12.2. The van der Waals surface area contributed by atoms with Gasteiger partial charge in [-0.25, -0.2) is 9.97 Å². The maximum Gasteiger partial charge on any atom is 0.272 e. The third-order valence-electron chi connectivity index (χ3n) is 3.75. The Labute approximate surface area is 141 Å². The second-order valence-electron chi connectivity index (χ2n) is 5.46. The molecule has 0 aromatic carbocycles. The highest BCUT2D eigenvalue weighted by molar-refractivity contribution is 5.92. The van der Waals surface area contributed by atoms with Crippen LogP contribution in [0.4, 0.5) is 0 Å². The molecule has 124 valence electrons.